The van der Waals surface area contributed by atoms with Gasteiger partial charge in [0, 0.05) is 24.8 Å². The molecule has 4 aliphatic heterocycles. The molecule has 0 saturated carbocycles. The molecular weight excluding hydrogens is 576 g/mol. The highest BCUT2D eigenvalue weighted by molar-refractivity contribution is 5.87. The molecule has 3 saturated heterocycles. The smallest absolute Gasteiger partial charge is 0.333 e. The molecule has 5 rings (SSSR count). The Morgan fingerprint density at radius 2 is 1.98 bits per heavy atom. The Balaban J connectivity index is 1.51. The number of aliphatic hydroxyl groups is 2. The average molecular weight is 627 g/mol. The van der Waals surface area contributed by atoms with Gasteiger partial charge in [-0.1, -0.05) is 55.9 Å². The summed E-state index contributed by atoms with van der Waals surface area (Å²) in [5.41, 5.74) is 0.581. The molecule has 3 fully saturated rings. The highest BCUT2D eigenvalue weighted by Gasteiger charge is 2.60. The fourth-order valence-electron chi connectivity index (χ4n) is 7.27. The highest BCUT2D eigenvalue weighted by Crippen LogP contribution is 2.47. The van der Waals surface area contributed by atoms with Crippen LogP contribution in [0, 0.1) is 17.8 Å². The second-order valence-corrected chi connectivity index (χ2v) is 13.8. The third-order valence-electron chi connectivity index (χ3n) is 10.3. The molecule has 45 heavy (non-hydrogen) atoms. The van der Waals surface area contributed by atoms with Crippen molar-refractivity contribution in [2.45, 2.75) is 122 Å². The predicted molar refractivity (Wildman–Crippen MR) is 168 cm³/mol. The summed E-state index contributed by atoms with van der Waals surface area (Å²) in [6.07, 6.45) is 12.0. The van der Waals surface area contributed by atoms with E-state index in [9.17, 15) is 19.8 Å². The Kier molecular flexibility index (Phi) is 10.3. The lowest BCUT2D eigenvalue weighted by molar-refractivity contribution is -0.332. The Bertz CT molecular complexity index is 1290. The number of hydrogen-bond donors (Lipinski definition) is 2. The van der Waals surface area contributed by atoms with Gasteiger partial charge in [0.05, 0.1) is 18.8 Å². The van der Waals surface area contributed by atoms with E-state index in [2.05, 4.69) is 39.8 Å². The van der Waals surface area contributed by atoms with Crippen LogP contribution >= 0.6 is 0 Å². The second kappa shape index (κ2) is 13.7. The number of ether oxygens (including phenoxy) is 5. The Morgan fingerprint density at radius 3 is 2.71 bits per heavy atom. The van der Waals surface area contributed by atoms with Gasteiger partial charge in [-0.05, 0) is 69.9 Å². The van der Waals surface area contributed by atoms with Gasteiger partial charge in [0.25, 0.3) is 0 Å². The molecule has 10 atom stereocenters. The summed E-state index contributed by atoms with van der Waals surface area (Å²) in [7, 11) is 0. The first-order chi connectivity index (χ1) is 21.3. The van der Waals surface area contributed by atoms with Crippen molar-refractivity contribution in [2.24, 2.45) is 17.8 Å². The minimum atomic E-state index is -1.85. The number of carbonyl (C=O) groups excluding carboxylic acids is 2. The van der Waals surface area contributed by atoms with E-state index in [1.807, 2.05) is 6.08 Å². The summed E-state index contributed by atoms with van der Waals surface area (Å²) in [6, 6.07) is 0. The maximum absolute atomic E-state index is 14.2. The first-order valence-electron chi connectivity index (χ1n) is 16.5. The molecule has 0 radical (unpaired) electrons. The number of esters is 2. The van der Waals surface area contributed by atoms with Crippen molar-refractivity contribution in [3.63, 3.8) is 0 Å². The Morgan fingerprint density at radius 1 is 1.20 bits per heavy atom. The maximum atomic E-state index is 14.2. The molecule has 1 aliphatic carbocycles. The van der Waals surface area contributed by atoms with Crippen LogP contribution in [0.1, 0.15) is 80.1 Å². The molecule has 248 valence electrons. The van der Waals surface area contributed by atoms with Crippen LogP contribution in [-0.4, -0.2) is 77.3 Å². The van der Waals surface area contributed by atoms with E-state index in [1.54, 1.807) is 26.0 Å². The van der Waals surface area contributed by atoms with E-state index >= 15 is 0 Å². The van der Waals surface area contributed by atoms with E-state index in [4.69, 9.17) is 23.7 Å². The standard InChI is InChI=1S/C36H50O9/c1-7-23(4)33(38)42-19-26-16-30-34(39)43-29-17-28(45-35(18-29)14-13-24(5)25(6)44-35)12-11-22(3)15-21(2)9-8-10-27-20-41-32(31(26)37)36(27,30)40/h7-11,16,21,24-25,28-32,37,40H,12-15,17-20H2,1-6H3/b9-8+,22-11+,23-7+,27-10-/t21-,24-,25+,28+,29-,30-,31+,32+,35-,36+/m0/s1. The van der Waals surface area contributed by atoms with Gasteiger partial charge in [-0.2, -0.15) is 0 Å². The zero-order valence-electron chi connectivity index (χ0n) is 27.5. The van der Waals surface area contributed by atoms with E-state index < -0.39 is 47.6 Å². The number of aliphatic hydroxyl groups excluding tert-OH is 1. The lowest BCUT2D eigenvalue weighted by Crippen LogP contribution is -2.58. The molecule has 0 aromatic carbocycles. The highest BCUT2D eigenvalue weighted by atomic mass is 16.7. The van der Waals surface area contributed by atoms with Crippen LogP contribution in [0.4, 0.5) is 0 Å². The molecule has 0 aromatic rings. The van der Waals surface area contributed by atoms with E-state index in [0.717, 1.165) is 12.8 Å². The summed E-state index contributed by atoms with van der Waals surface area (Å²) in [5.74, 6) is -2.59. The fourth-order valence-corrected chi connectivity index (χ4v) is 7.27. The van der Waals surface area contributed by atoms with Crippen LogP contribution in [0.15, 0.2) is 58.7 Å². The van der Waals surface area contributed by atoms with Crippen molar-refractivity contribution < 1.29 is 43.5 Å². The topological polar surface area (TPSA) is 121 Å². The van der Waals surface area contributed by atoms with Crippen LogP contribution in [0.2, 0.25) is 0 Å². The van der Waals surface area contributed by atoms with Crippen LogP contribution < -0.4 is 0 Å². The lowest BCUT2D eigenvalue weighted by Gasteiger charge is -2.49. The molecule has 0 aromatic heterocycles. The van der Waals surface area contributed by atoms with Gasteiger partial charge in [0.15, 0.2) is 5.79 Å². The van der Waals surface area contributed by atoms with Crippen LogP contribution in [0.3, 0.4) is 0 Å². The first-order valence-corrected chi connectivity index (χ1v) is 16.5. The third kappa shape index (κ3) is 7.08. The predicted octanol–water partition coefficient (Wildman–Crippen LogP) is 5.02. The van der Waals surface area contributed by atoms with Gasteiger partial charge in [-0.15, -0.1) is 0 Å². The fraction of sp³-hybridized carbons (Fsp3) is 0.667. The number of rotatable bonds is 3. The minimum absolute atomic E-state index is 0.000603. The van der Waals surface area contributed by atoms with Crippen molar-refractivity contribution in [2.75, 3.05) is 13.2 Å². The molecule has 2 bridgehead atoms. The molecule has 9 heteroatoms. The molecule has 9 nitrogen and oxygen atoms in total. The van der Waals surface area contributed by atoms with Crippen molar-refractivity contribution in [1.82, 2.24) is 0 Å². The number of hydrogen-bond acceptors (Lipinski definition) is 9. The van der Waals surface area contributed by atoms with Gasteiger partial charge in [0.2, 0.25) is 0 Å². The van der Waals surface area contributed by atoms with Gasteiger partial charge < -0.3 is 33.9 Å². The second-order valence-electron chi connectivity index (χ2n) is 13.8. The third-order valence-corrected chi connectivity index (χ3v) is 10.3. The van der Waals surface area contributed by atoms with Gasteiger partial charge in [-0.3, -0.25) is 4.79 Å². The van der Waals surface area contributed by atoms with Gasteiger partial charge >= 0.3 is 11.9 Å². The van der Waals surface area contributed by atoms with Crippen molar-refractivity contribution in [3.05, 3.63) is 58.7 Å². The van der Waals surface area contributed by atoms with Crippen LogP contribution in [-0.2, 0) is 33.3 Å². The zero-order chi connectivity index (χ0) is 32.5. The normalized spacial score (nSPS) is 44.0. The first kappa shape index (κ1) is 33.8. The summed E-state index contributed by atoms with van der Waals surface area (Å²) in [4.78, 5) is 26.6. The Hall–Kier alpha value is -2.56. The molecule has 0 unspecified atom stereocenters. The van der Waals surface area contributed by atoms with E-state index in [-0.39, 0.29) is 36.9 Å². The van der Waals surface area contributed by atoms with Gasteiger partial charge in [-0.25, -0.2) is 4.79 Å². The van der Waals surface area contributed by atoms with Gasteiger partial charge in [0.1, 0.15) is 36.4 Å². The van der Waals surface area contributed by atoms with E-state index in [0.29, 0.717) is 42.7 Å². The number of fused-ring (bicyclic) bond motifs is 2. The molecule has 2 N–H and O–H groups in total. The van der Waals surface area contributed by atoms with Crippen molar-refractivity contribution >= 4 is 11.9 Å². The quantitative estimate of drug-likeness (QED) is 0.253. The average Bonchev–Trinajstić information content (AvgIpc) is 3.33. The Labute approximate surface area is 267 Å². The summed E-state index contributed by atoms with van der Waals surface area (Å²) in [5, 5.41) is 23.6. The van der Waals surface area contributed by atoms with Crippen LogP contribution in [0.5, 0.6) is 0 Å². The molecule has 0 amide bonds. The largest absolute Gasteiger partial charge is 0.462 e. The van der Waals surface area contributed by atoms with E-state index in [1.165, 1.54) is 11.6 Å². The summed E-state index contributed by atoms with van der Waals surface area (Å²) >= 11 is 0. The monoisotopic (exact) mass is 626 g/mol. The minimum Gasteiger partial charge on any atom is -0.462 e. The molecule has 5 aliphatic rings. The summed E-state index contributed by atoms with van der Waals surface area (Å²) in [6.45, 7) is 11.6. The van der Waals surface area contributed by atoms with Crippen molar-refractivity contribution in [1.29, 1.82) is 0 Å². The lowest BCUT2D eigenvalue weighted by atomic mass is 9.70. The van der Waals surface area contributed by atoms with Crippen LogP contribution in [0.25, 0.3) is 0 Å². The number of carbonyl (C=O) groups is 2. The SMILES string of the molecule is C/C=C(\C)C(=O)OCC1=C[C@H]2C(=O)O[C@H]3C[C@@H](C/C=C(\C)C[C@@H](C)/C=C/C=C4/CO[C@H]([C@@H]1O)[C@@]42O)O[C@@]1(CC[C@H](C)[C@@H](C)O1)C3. The molecule has 4 heterocycles. The molecule has 1 spiro atoms. The zero-order valence-corrected chi connectivity index (χ0v) is 27.5. The maximum Gasteiger partial charge on any atom is 0.333 e. The van der Waals surface area contributed by atoms with Crippen molar-refractivity contribution in [3.8, 4) is 0 Å². The molecular formula is C36H50O9. The summed E-state index contributed by atoms with van der Waals surface area (Å²) < 4.78 is 30.8. The number of allylic oxidation sites excluding steroid dienone is 5.